The number of hydrogen-bond acceptors (Lipinski definition) is 5. The summed E-state index contributed by atoms with van der Waals surface area (Å²) in [5, 5.41) is 0. The zero-order valence-corrected chi connectivity index (χ0v) is 14.0. The molecule has 3 aliphatic rings. The first-order chi connectivity index (χ1) is 11.3. The van der Waals surface area contributed by atoms with E-state index < -0.39 is 0 Å². The van der Waals surface area contributed by atoms with Gasteiger partial charge in [-0.05, 0) is 62.6 Å². The second-order valence-corrected chi connectivity index (χ2v) is 7.58. The summed E-state index contributed by atoms with van der Waals surface area (Å²) in [7, 11) is 0. The van der Waals surface area contributed by atoms with Gasteiger partial charge >= 0.3 is 0 Å². The third-order valence-electron chi connectivity index (χ3n) is 6.05. The summed E-state index contributed by atoms with van der Waals surface area (Å²) in [6.07, 6.45) is 10.2. The van der Waals surface area contributed by atoms with Crippen molar-refractivity contribution < 1.29 is 4.74 Å². The Kier molecular flexibility index (Phi) is 4.49. The van der Waals surface area contributed by atoms with Crippen LogP contribution < -0.4 is 4.90 Å². The first kappa shape index (κ1) is 15.3. The molecule has 0 radical (unpaired) electrons. The predicted molar refractivity (Wildman–Crippen MR) is 90.5 cm³/mol. The van der Waals surface area contributed by atoms with Crippen LogP contribution in [0.1, 0.15) is 32.1 Å². The molecule has 4 rings (SSSR count). The fourth-order valence-corrected chi connectivity index (χ4v) is 4.47. The number of ether oxygens (including phenoxy) is 1. The maximum atomic E-state index is 5.48. The largest absolute Gasteiger partial charge is 0.381 e. The quantitative estimate of drug-likeness (QED) is 0.855. The minimum atomic E-state index is 0.505. The van der Waals surface area contributed by atoms with Crippen LogP contribution in [-0.2, 0) is 4.74 Å². The van der Waals surface area contributed by atoms with Gasteiger partial charge < -0.3 is 14.5 Å². The topological polar surface area (TPSA) is 41.5 Å². The molecule has 0 unspecified atom stereocenters. The number of piperidine rings is 1. The molecule has 1 spiro atoms. The summed E-state index contributed by atoms with van der Waals surface area (Å²) in [5.41, 5.74) is 0.505. The number of nitrogens with zero attached hydrogens (tertiary/aromatic N) is 4. The molecule has 23 heavy (non-hydrogen) atoms. The van der Waals surface area contributed by atoms with Gasteiger partial charge in [0.05, 0.1) is 0 Å². The highest BCUT2D eigenvalue weighted by molar-refractivity contribution is 5.31. The van der Waals surface area contributed by atoms with E-state index in [1.165, 1.54) is 51.7 Å². The van der Waals surface area contributed by atoms with Gasteiger partial charge in [-0.2, -0.15) is 0 Å². The van der Waals surface area contributed by atoms with Gasteiger partial charge in [-0.1, -0.05) is 0 Å². The van der Waals surface area contributed by atoms with E-state index in [0.717, 1.165) is 38.2 Å². The average molecular weight is 316 g/mol. The van der Waals surface area contributed by atoms with E-state index in [4.69, 9.17) is 4.74 Å². The summed E-state index contributed by atoms with van der Waals surface area (Å²) in [4.78, 5) is 13.9. The molecule has 126 valence electrons. The van der Waals surface area contributed by atoms with Crippen molar-refractivity contribution in [3.8, 4) is 0 Å². The lowest BCUT2D eigenvalue weighted by Crippen LogP contribution is -2.44. The van der Waals surface area contributed by atoms with Gasteiger partial charge in [0.2, 0.25) is 5.95 Å². The summed E-state index contributed by atoms with van der Waals surface area (Å²) < 4.78 is 5.48. The number of rotatable bonds is 3. The molecule has 1 aromatic rings. The summed E-state index contributed by atoms with van der Waals surface area (Å²) in [5.74, 6) is 1.77. The number of aromatic nitrogens is 2. The lowest BCUT2D eigenvalue weighted by Gasteiger charge is -2.40. The molecule has 0 atom stereocenters. The van der Waals surface area contributed by atoms with Gasteiger partial charge in [-0.25, -0.2) is 9.97 Å². The molecule has 0 saturated carbocycles. The summed E-state index contributed by atoms with van der Waals surface area (Å²) >= 11 is 0. The van der Waals surface area contributed by atoms with Crippen molar-refractivity contribution in [1.82, 2.24) is 14.9 Å². The first-order valence-corrected chi connectivity index (χ1v) is 9.15. The molecule has 4 heterocycles. The molecular formula is C18H28N4O. The summed E-state index contributed by atoms with van der Waals surface area (Å²) in [6, 6.07) is 1.89. The Labute approximate surface area is 139 Å². The molecule has 3 fully saturated rings. The first-order valence-electron chi connectivity index (χ1n) is 9.15. The fourth-order valence-electron chi connectivity index (χ4n) is 4.47. The van der Waals surface area contributed by atoms with Crippen LogP contribution in [0.2, 0.25) is 0 Å². The second-order valence-electron chi connectivity index (χ2n) is 7.58. The Hall–Kier alpha value is -1.20. The number of likely N-dealkylation sites (tertiary alicyclic amines) is 1. The van der Waals surface area contributed by atoms with Crippen LogP contribution in [0.25, 0.3) is 0 Å². The van der Waals surface area contributed by atoms with Crippen molar-refractivity contribution in [3.05, 3.63) is 18.5 Å². The van der Waals surface area contributed by atoms with E-state index in [9.17, 15) is 0 Å². The molecule has 5 heteroatoms. The van der Waals surface area contributed by atoms with E-state index in [0.29, 0.717) is 5.41 Å². The molecule has 0 aliphatic carbocycles. The predicted octanol–water partition coefficient (Wildman–Crippen LogP) is 2.20. The third-order valence-corrected chi connectivity index (χ3v) is 6.05. The van der Waals surface area contributed by atoms with Crippen molar-refractivity contribution in [2.24, 2.45) is 11.3 Å². The molecule has 3 aliphatic heterocycles. The molecule has 0 N–H and O–H groups in total. The SMILES string of the molecule is c1cnc(N2CCC3(CCN(CC4CCOCC4)CC3)C2)nc1. The van der Waals surface area contributed by atoms with E-state index in [2.05, 4.69) is 19.8 Å². The fraction of sp³-hybridized carbons (Fsp3) is 0.778. The molecule has 5 nitrogen and oxygen atoms in total. The third kappa shape index (κ3) is 3.50. The Morgan fingerprint density at radius 3 is 2.48 bits per heavy atom. The minimum Gasteiger partial charge on any atom is -0.381 e. The normalized spacial score (nSPS) is 26.0. The highest BCUT2D eigenvalue weighted by Gasteiger charge is 2.41. The molecule has 0 aromatic carbocycles. The standard InChI is InChI=1S/C18H28N4O/c1-7-19-17(20-8-1)22-11-6-18(15-22)4-9-21(10-5-18)14-16-2-12-23-13-3-16/h1,7-8,16H,2-6,9-15H2. The zero-order valence-electron chi connectivity index (χ0n) is 14.0. The van der Waals surface area contributed by atoms with Crippen LogP contribution in [0.3, 0.4) is 0 Å². The van der Waals surface area contributed by atoms with Crippen LogP contribution >= 0.6 is 0 Å². The average Bonchev–Trinajstić information content (AvgIpc) is 3.03. The Morgan fingerprint density at radius 2 is 1.74 bits per heavy atom. The maximum absolute atomic E-state index is 5.48. The highest BCUT2D eigenvalue weighted by atomic mass is 16.5. The lowest BCUT2D eigenvalue weighted by molar-refractivity contribution is 0.0394. The molecule has 3 saturated heterocycles. The van der Waals surface area contributed by atoms with Gasteiger partial charge in [0.1, 0.15) is 0 Å². The van der Waals surface area contributed by atoms with Crippen molar-refractivity contribution in [1.29, 1.82) is 0 Å². The van der Waals surface area contributed by atoms with Gasteiger partial charge in [-0.15, -0.1) is 0 Å². The van der Waals surface area contributed by atoms with E-state index >= 15 is 0 Å². The molecule has 0 bridgehead atoms. The Bertz CT molecular complexity index is 495. The smallest absolute Gasteiger partial charge is 0.225 e. The molecular weight excluding hydrogens is 288 g/mol. The van der Waals surface area contributed by atoms with Crippen LogP contribution in [-0.4, -0.2) is 60.8 Å². The maximum Gasteiger partial charge on any atom is 0.225 e. The molecule has 1 aromatic heterocycles. The molecule has 0 amide bonds. The monoisotopic (exact) mass is 316 g/mol. The van der Waals surface area contributed by atoms with Crippen molar-refractivity contribution >= 4 is 5.95 Å². The van der Waals surface area contributed by atoms with Gasteiger partial charge in [0.25, 0.3) is 0 Å². The van der Waals surface area contributed by atoms with E-state index in [-0.39, 0.29) is 0 Å². The number of anilines is 1. The lowest BCUT2D eigenvalue weighted by atomic mass is 9.77. The van der Waals surface area contributed by atoms with Crippen molar-refractivity contribution in [2.45, 2.75) is 32.1 Å². The van der Waals surface area contributed by atoms with Crippen LogP contribution in [0.4, 0.5) is 5.95 Å². The zero-order chi connectivity index (χ0) is 15.5. The van der Waals surface area contributed by atoms with Crippen LogP contribution in [0, 0.1) is 11.3 Å². The van der Waals surface area contributed by atoms with Crippen LogP contribution in [0.15, 0.2) is 18.5 Å². The Morgan fingerprint density at radius 1 is 1.04 bits per heavy atom. The van der Waals surface area contributed by atoms with Gasteiger partial charge in [0, 0.05) is 45.2 Å². The van der Waals surface area contributed by atoms with E-state index in [1.807, 2.05) is 18.5 Å². The number of hydrogen-bond donors (Lipinski definition) is 0. The van der Waals surface area contributed by atoms with Crippen molar-refractivity contribution in [2.75, 3.05) is 50.8 Å². The summed E-state index contributed by atoms with van der Waals surface area (Å²) in [6.45, 7) is 8.00. The minimum absolute atomic E-state index is 0.505. The second kappa shape index (κ2) is 6.73. The van der Waals surface area contributed by atoms with Crippen molar-refractivity contribution in [3.63, 3.8) is 0 Å². The van der Waals surface area contributed by atoms with Crippen LogP contribution in [0.5, 0.6) is 0 Å². The Balaban J connectivity index is 1.29. The van der Waals surface area contributed by atoms with Gasteiger partial charge in [0.15, 0.2) is 0 Å². The van der Waals surface area contributed by atoms with E-state index in [1.54, 1.807) is 0 Å². The van der Waals surface area contributed by atoms with Gasteiger partial charge in [-0.3, -0.25) is 0 Å². The highest BCUT2D eigenvalue weighted by Crippen LogP contribution is 2.41.